The molecule has 0 spiro atoms. The van der Waals surface area contributed by atoms with E-state index in [1.165, 1.54) is 6.07 Å². The van der Waals surface area contributed by atoms with Gasteiger partial charge in [0.25, 0.3) is 0 Å². The summed E-state index contributed by atoms with van der Waals surface area (Å²) in [6, 6.07) is 6.42. The lowest BCUT2D eigenvalue weighted by Gasteiger charge is -2.19. The SMILES string of the molecule is CCCCOCC(OCCCC)OC(=O)c1ccccc1C(=O)OCC. The summed E-state index contributed by atoms with van der Waals surface area (Å²) in [7, 11) is 0. The number of esters is 2. The van der Waals surface area contributed by atoms with Crippen LogP contribution in [-0.4, -0.2) is 44.7 Å². The molecule has 1 atom stereocenters. The normalized spacial score (nSPS) is 11.8. The third-order valence-corrected chi connectivity index (χ3v) is 3.58. The van der Waals surface area contributed by atoms with Crippen LogP contribution in [0, 0.1) is 0 Å². The lowest BCUT2D eigenvalue weighted by molar-refractivity contribution is -0.144. The van der Waals surface area contributed by atoms with Crippen LogP contribution in [0.5, 0.6) is 0 Å². The van der Waals surface area contributed by atoms with Gasteiger partial charge in [-0.2, -0.15) is 0 Å². The zero-order chi connectivity index (χ0) is 19.2. The molecule has 1 aromatic carbocycles. The number of carbonyl (C=O) groups is 2. The van der Waals surface area contributed by atoms with Crippen molar-refractivity contribution in [1.82, 2.24) is 0 Å². The standard InChI is InChI=1S/C20H30O6/c1-4-7-13-23-15-18(25-14-8-5-2)26-20(22)17-12-10-9-11-16(17)19(21)24-6-3/h9-12,18H,4-8,13-15H2,1-3H3. The maximum absolute atomic E-state index is 12.5. The maximum Gasteiger partial charge on any atom is 0.341 e. The highest BCUT2D eigenvalue weighted by atomic mass is 16.7. The Kier molecular flexibility index (Phi) is 11.3. The first-order chi connectivity index (χ1) is 12.6. The van der Waals surface area contributed by atoms with E-state index in [-0.39, 0.29) is 24.3 Å². The average Bonchev–Trinajstić information content (AvgIpc) is 2.65. The molecule has 0 aliphatic carbocycles. The summed E-state index contributed by atoms with van der Waals surface area (Å²) in [6.45, 7) is 7.30. The van der Waals surface area contributed by atoms with E-state index in [0.29, 0.717) is 13.2 Å². The van der Waals surface area contributed by atoms with Crippen LogP contribution >= 0.6 is 0 Å². The molecular weight excluding hydrogens is 336 g/mol. The fraction of sp³-hybridized carbons (Fsp3) is 0.600. The number of benzene rings is 1. The molecule has 0 radical (unpaired) electrons. The van der Waals surface area contributed by atoms with Crippen LogP contribution in [0.4, 0.5) is 0 Å². The van der Waals surface area contributed by atoms with Gasteiger partial charge in [-0.25, -0.2) is 9.59 Å². The number of ether oxygens (including phenoxy) is 4. The van der Waals surface area contributed by atoms with Crippen molar-refractivity contribution in [3.63, 3.8) is 0 Å². The molecule has 0 heterocycles. The van der Waals surface area contributed by atoms with Gasteiger partial charge in [-0.15, -0.1) is 0 Å². The van der Waals surface area contributed by atoms with Crippen molar-refractivity contribution in [2.24, 2.45) is 0 Å². The Bertz CT molecular complexity index is 543. The molecule has 1 unspecified atom stereocenters. The van der Waals surface area contributed by atoms with Crippen molar-refractivity contribution in [3.8, 4) is 0 Å². The van der Waals surface area contributed by atoms with Crippen LogP contribution in [0.2, 0.25) is 0 Å². The van der Waals surface area contributed by atoms with Gasteiger partial charge in [-0.05, 0) is 31.9 Å². The van der Waals surface area contributed by atoms with Crippen molar-refractivity contribution in [1.29, 1.82) is 0 Å². The molecule has 0 amide bonds. The van der Waals surface area contributed by atoms with Gasteiger partial charge in [0.2, 0.25) is 6.29 Å². The van der Waals surface area contributed by atoms with Crippen LogP contribution in [0.1, 0.15) is 67.2 Å². The van der Waals surface area contributed by atoms with Crippen LogP contribution in [0.3, 0.4) is 0 Å². The van der Waals surface area contributed by atoms with E-state index < -0.39 is 18.2 Å². The zero-order valence-electron chi connectivity index (χ0n) is 16.0. The lowest BCUT2D eigenvalue weighted by atomic mass is 10.1. The Hall–Kier alpha value is -1.92. The second-order valence-corrected chi connectivity index (χ2v) is 5.75. The second-order valence-electron chi connectivity index (χ2n) is 5.75. The quantitative estimate of drug-likeness (QED) is 0.299. The first-order valence-electron chi connectivity index (χ1n) is 9.30. The van der Waals surface area contributed by atoms with Crippen LogP contribution in [-0.2, 0) is 18.9 Å². The van der Waals surface area contributed by atoms with E-state index in [0.717, 1.165) is 25.7 Å². The Balaban J connectivity index is 2.76. The molecule has 0 aliphatic heterocycles. The summed E-state index contributed by atoms with van der Waals surface area (Å²) in [5, 5.41) is 0. The molecular formula is C20H30O6. The van der Waals surface area contributed by atoms with Crippen LogP contribution in [0.15, 0.2) is 24.3 Å². The summed E-state index contributed by atoms with van der Waals surface area (Å²) < 4.78 is 21.6. The summed E-state index contributed by atoms with van der Waals surface area (Å²) in [4.78, 5) is 24.6. The molecule has 0 aliphatic rings. The summed E-state index contributed by atoms with van der Waals surface area (Å²) >= 11 is 0. The highest BCUT2D eigenvalue weighted by molar-refractivity contribution is 6.03. The zero-order valence-corrected chi connectivity index (χ0v) is 16.0. The monoisotopic (exact) mass is 366 g/mol. The Morgan fingerprint density at radius 3 is 2.15 bits per heavy atom. The van der Waals surface area contributed by atoms with E-state index in [2.05, 4.69) is 13.8 Å². The first-order valence-corrected chi connectivity index (χ1v) is 9.30. The van der Waals surface area contributed by atoms with Crippen molar-refractivity contribution in [3.05, 3.63) is 35.4 Å². The Morgan fingerprint density at radius 1 is 0.923 bits per heavy atom. The number of unbranched alkanes of at least 4 members (excludes halogenated alkanes) is 2. The van der Waals surface area contributed by atoms with Gasteiger partial charge in [-0.1, -0.05) is 38.8 Å². The largest absolute Gasteiger partial charge is 0.462 e. The van der Waals surface area contributed by atoms with Gasteiger partial charge in [0.1, 0.15) is 6.61 Å². The van der Waals surface area contributed by atoms with Crippen molar-refractivity contribution >= 4 is 11.9 Å². The number of rotatable bonds is 13. The molecule has 0 fully saturated rings. The predicted octanol–water partition coefficient (Wildman–Crippen LogP) is 3.98. The molecule has 0 saturated heterocycles. The number of carbonyl (C=O) groups excluding carboxylic acids is 2. The van der Waals surface area contributed by atoms with Crippen molar-refractivity contribution in [2.75, 3.05) is 26.4 Å². The van der Waals surface area contributed by atoms with Gasteiger partial charge in [-0.3, -0.25) is 0 Å². The minimum Gasteiger partial charge on any atom is -0.462 e. The minimum absolute atomic E-state index is 0.156. The lowest BCUT2D eigenvalue weighted by Crippen LogP contribution is -2.28. The van der Waals surface area contributed by atoms with Gasteiger partial charge < -0.3 is 18.9 Å². The van der Waals surface area contributed by atoms with Crippen LogP contribution in [0.25, 0.3) is 0 Å². The second kappa shape index (κ2) is 13.3. The molecule has 6 heteroatoms. The summed E-state index contributed by atoms with van der Waals surface area (Å²) in [5.74, 6) is -1.18. The topological polar surface area (TPSA) is 71.1 Å². The van der Waals surface area contributed by atoms with Crippen molar-refractivity contribution < 1.29 is 28.5 Å². The smallest absolute Gasteiger partial charge is 0.341 e. The molecule has 0 aromatic heterocycles. The van der Waals surface area contributed by atoms with E-state index in [4.69, 9.17) is 18.9 Å². The predicted molar refractivity (Wildman–Crippen MR) is 98.2 cm³/mol. The van der Waals surface area contributed by atoms with E-state index in [1.807, 2.05) is 0 Å². The highest BCUT2D eigenvalue weighted by Crippen LogP contribution is 2.14. The molecule has 1 rings (SSSR count). The van der Waals surface area contributed by atoms with E-state index in [9.17, 15) is 9.59 Å². The Morgan fingerprint density at radius 2 is 1.54 bits per heavy atom. The van der Waals surface area contributed by atoms with Crippen molar-refractivity contribution in [2.45, 2.75) is 52.7 Å². The first kappa shape index (κ1) is 22.1. The molecule has 26 heavy (non-hydrogen) atoms. The third kappa shape index (κ3) is 7.97. The molecule has 146 valence electrons. The Labute approximate surface area is 155 Å². The fourth-order valence-electron chi connectivity index (χ4n) is 2.13. The summed E-state index contributed by atoms with van der Waals surface area (Å²) in [6.07, 6.45) is 2.99. The molecule has 0 N–H and O–H groups in total. The minimum atomic E-state index is -0.804. The van der Waals surface area contributed by atoms with E-state index >= 15 is 0 Å². The highest BCUT2D eigenvalue weighted by Gasteiger charge is 2.22. The van der Waals surface area contributed by atoms with Gasteiger partial charge in [0, 0.05) is 6.61 Å². The van der Waals surface area contributed by atoms with Gasteiger partial charge >= 0.3 is 11.9 Å². The van der Waals surface area contributed by atoms with Gasteiger partial charge in [0.15, 0.2) is 0 Å². The fourth-order valence-corrected chi connectivity index (χ4v) is 2.13. The van der Waals surface area contributed by atoms with Crippen LogP contribution < -0.4 is 0 Å². The summed E-state index contributed by atoms with van der Waals surface area (Å²) in [5.41, 5.74) is 0.335. The average molecular weight is 366 g/mol. The molecule has 1 aromatic rings. The van der Waals surface area contributed by atoms with Gasteiger partial charge in [0.05, 0.1) is 24.3 Å². The number of hydrogen-bond acceptors (Lipinski definition) is 6. The number of hydrogen-bond donors (Lipinski definition) is 0. The maximum atomic E-state index is 12.5. The molecule has 0 saturated carbocycles. The molecule has 0 bridgehead atoms. The third-order valence-electron chi connectivity index (χ3n) is 3.58. The van der Waals surface area contributed by atoms with E-state index in [1.54, 1.807) is 25.1 Å². The molecule has 6 nitrogen and oxygen atoms in total.